The molecule has 0 aromatic heterocycles. The smallest absolute Gasteiger partial charge is 0.319 e. The van der Waals surface area contributed by atoms with Crippen LogP contribution in [0, 0.1) is 5.41 Å². The van der Waals surface area contributed by atoms with Crippen molar-refractivity contribution in [1.29, 1.82) is 0 Å². The lowest BCUT2D eigenvalue weighted by atomic mass is 9.83. The average Bonchev–Trinajstić information content (AvgIpc) is 2.84. The van der Waals surface area contributed by atoms with E-state index in [4.69, 9.17) is 5.73 Å². The highest BCUT2D eigenvalue weighted by Gasteiger charge is 2.27. The third kappa shape index (κ3) is 8.24. The van der Waals surface area contributed by atoms with Crippen molar-refractivity contribution < 1.29 is 9.59 Å². The summed E-state index contributed by atoms with van der Waals surface area (Å²) in [4.78, 5) is 30.0. The van der Waals surface area contributed by atoms with Crippen LogP contribution in [0.1, 0.15) is 42.2 Å². The SMILES string of the molecule is CN(C)CC(C)(C)CC(NC(=O)Nc1ccc(N(C)C)cc1)c1ccc(C(=O)Nc2ccccc2N)cc1. The van der Waals surface area contributed by atoms with Gasteiger partial charge in [0, 0.05) is 37.6 Å². The van der Waals surface area contributed by atoms with Crippen LogP contribution in [0.25, 0.3) is 0 Å². The van der Waals surface area contributed by atoms with Crippen LogP contribution in [0.2, 0.25) is 0 Å². The number of amides is 3. The Kier molecular flexibility index (Phi) is 9.36. The second kappa shape index (κ2) is 12.5. The number of anilines is 4. The maximum Gasteiger partial charge on any atom is 0.319 e. The van der Waals surface area contributed by atoms with Crippen LogP contribution in [-0.2, 0) is 0 Å². The molecule has 0 spiro atoms. The predicted molar refractivity (Wildman–Crippen MR) is 158 cm³/mol. The summed E-state index contributed by atoms with van der Waals surface area (Å²) in [5, 5.41) is 8.94. The number of benzene rings is 3. The van der Waals surface area contributed by atoms with Crippen molar-refractivity contribution >= 4 is 34.7 Å². The minimum Gasteiger partial charge on any atom is -0.397 e. The normalized spacial score (nSPS) is 12.1. The Bertz CT molecular complexity index is 1220. The number of nitrogens with one attached hydrogen (secondary N) is 3. The highest BCUT2D eigenvalue weighted by atomic mass is 16.2. The fraction of sp³-hybridized carbons (Fsp3) is 0.333. The van der Waals surface area contributed by atoms with Gasteiger partial charge in [-0.25, -0.2) is 4.79 Å². The molecule has 3 aromatic carbocycles. The standard InChI is InChI=1S/C30H40N6O2/c1-30(2,20-35(3)4)19-27(34-29(38)32-23-15-17-24(18-16-23)36(5)6)21-11-13-22(14-12-21)28(37)33-26-10-8-7-9-25(26)31/h7-18,27H,19-20,31H2,1-6H3,(H,33,37)(H2,32,34,38). The number of para-hydroxylation sites is 2. The number of nitrogen functional groups attached to an aromatic ring is 1. The maximum atomic E-state index is 13.0. The van der Waals surface area contributed by atoms with Crippen LogP contribution in [0.5, 0.6) is 0 Å². The number of carbonyl (C=O) groups excluding carboxylic acids is 2. The van der Waals surface area contributed by atoms with Gasteiger partial charge in [0.15, 0.2) is 0 Å². The Labute approximate surface area is 226 Å². The molecule has 3 amide bonds. The van der Waals surface area contributed by atoms with E-state index in [-0.39, 0.29) is 23.4 Å². The first-order chi connectivity index (χ1) is 17.9. The van der Waals surface area contributed by atoms with E-state index in [9.17, 15) is 9.59 Å². The number of hydrogen-bond donors (Lipinski definition) is 4. The maximum absolute atomic E-state index is 13.0. The summed E-state index contributed by atoms with van der Waals surface area (Å²) in [7, 11) is 8.03. The molecule has 0 aliphatic carbocycles. The molecule has 8 heteroatoms. The van der Waals surface area contributed by atoms with Crippen LogP contribution < -0.4 is 26.6 Å². The van der Waals surface area contributed by atoms with Gasteiger partial charge in [0.25, 0.3) is 5.91 Å². The van der Waals surface area contributed by atoms with Gasteiger partial charge in [0.1, 0.15) is 0 Å². The summed E-state index contributed by atoms with van der Waals surface area (Å²) < 4.78 is 0. The van der Waals surface area contributed by atoms with Gasteiger partial charge in [0.2, 0.25) is 0 Å². The van der Waals surface area contributed by atoms with Gasteiger partial charge in [-0.15, -0.1) is 0 Å². The van der Waals surface area contributed by atoms with Crippen molar-refractivity contribution in [2.75, 3.05) is 56.0 Å². The van der Waals surface area contributed by atoms with E-state index in [1.54, 1.807) is 24.3 Å². The lowest BCUT2D eigenvalue weighted by molar-refractivity contribution is 0.102. The van der Waals surface area contributed by atoms with Crippen molar-refractivity contribution in [3.8, 4) is 0 Å². The molecule has 0 bridgehead atoms. The topological polar surface area (TPSA) is 103 Å². The molecule has 202 valence electrons. The molecule has 3 rings (SSSR count). The molecule has 0 saturated heterocycles. The summed E-state index contributed by atoms with van der Waals surface area (Å²) in [6.07, 6.45) is 0.713. The molecule has 5 N–H and O–H groups in total. The van der Waals surface area contributed by atoms with E-state index in [0.29, 0.717) is 29.0 Å². The van der Waals surface area contributed by atoms with Crippen LogP contribution in [0.3, 0.4) is 0 Å². The molecule has 0 aliphatic rings. The molecular weight excluding hydrogens is 476 g/mol. The van der Waals surface area contributed by atoms with E-state index < -0.39 is 0 Å². The fourth-order valence-corrected chi connectivity index (χ4v) is 4.57. The molecule has 0 fully saturated rings. The molecule has 1 unspecified atom stereocenters. The number of urea groups is 1. The van der Waals surface area contributed by atoms with Gasteiger partial charge >= 0.3 is 6.03 Å². The number of nitrogens with zero attached hydrogens (tertiary/aromatic N) is 2. The highest BCUT2D eigenvalue weighted by molar-refractivity contribution is 6.05. The Morgan fingerprint density at radius 1 is 0.868 bits per heavy atom. The highest BCUT2D eigenvalue weighted by Crippen LogP contribution is 2.31. The number of nitrogens with two attached hydrogens (primary N) is 1. The largest absolute Gasteiger partial charge is 0.397 e. The fourth-order valence-electron chi connectivity index (χ4n) is 4.57. The van der Waals surface area contributed by atoms with Crippen LogP contribution >= 0.6 is 0 Å². The van der Waals surface area contributed by atoms with E-state index in [0.717, 1.165) is 17.8 Å². The lowest BCUT2D eigenvalue weighted by Gasteiger charge is -2.33. The van der Waals surface area contributed by atoms with Gasteiger partial charge in [-0.1, -0.05) is 38.1 Å². The van der Waals surface area contributed by atoms with E-state index in [1.165, 1.54) is 0 Å². The molecule has 0 saturated carbocycles. The van der Waals surface area contributed by atoms with Gasteiger partial charge in [-0.3, -0.25) is 4.79 Å². The van der Waals surface area contributed by atoms with Crippen LogP contribution in [-0.4, -0.2) is 51.6 Å². The van der Waals surface area contributed by atoms with Gasteiger partial charge < -0.3 is 31.5 Å². The first-order valence-corrected chi connectivity index (χ1v) is 12.7. The lowest BCUT2D eigenvalue weighted by Crippen LogP contribution is -2.37. The zero-order valence-electron chi connectivity index (χ0n) is 23.2. The third-order valence-electron chi connectivity index (χ3n) is 6.23. The molecule has 0 heterocycles. The minimum atomic E-state index is -0.283. The monoisotopic (exact) mass is 516 g/mol. The molecule has 8 nitrogen and oxygen atoms in total. The zero-order chi connectivity index (χ0) is 27.9. The summed E-state index contributed by atoms with van der Waals surface area (Å²) in [5.74, 6) is -0.245. The molecule has 38 heavy (non-hydrogen) atoms. The Hall–Kier alpha value is -4.04. The van der Waals surface area contributed by atoms with Gasteiger partial charge in [0.05, 0.1) is 17.4 Å². The van der Waals surface area contributed by atoms with E-state index in [1.807, 2.05) is 81.6 Å². The summed E-state index contributed by atoms with van der Waals surface area (Å²) >= 11 is 0. The molecule has 0 aliphatic heterocycles. The van der Waals surface area contributed by atoms with Crippen molar-refractivity contribution in [2.45, 2.75) is 26.3 Å². The Balaban J connectivity index is 1.76. The van der Waals surface area contributed by atoms with Crippen LogP contribution in [0.15, 0.2) is 72.8 Å². The third-order valence-corrected chi connectivity index (χ3v) is 6.23. The van der Waals surface area contributed by atoms with Crippen molar-refractivity contribution in [3.05, 3.63) is 83.9 Å². The second-order valence-corrected chi connectivity index (χ2v) is 10.9. The Morgan fingerprint density at radius 3 is 2.08 bits per heavy atom. The predicted octanol–water partition coefficient (Wildman–Crippen LogP) is 5.43. The summed E-state index contributed by atoms with van der Waals surface area (Å²) in [6.45, 7) is 5.23. The quantitative estimate of drug-likeness (QED) is 0.269. The number of carbonyl (C=O) groups is 2. The molecule has 3 aromatic rings. The van der Waals surface area contributed by atoms with Crippen LogP contribution in [0.4, 0.5) is 27.5 Å². The average molecular weight is 517 g/mol. The van der Waals surface area contributed by atoms with Gasteiger partial charge in [-0.05, 0) is 80.0 Å². The summed E-state index contributed by atoms with van der Waals surface area (Å²) in [5.41, 5.74) is 10.2. The van der Waals surface area contributed by atoms with Crippen molar-refractivity contribution in [1.82, 2.24) is 10.2 Å². The first-order valence-electron chi connectivity index (χ1n) is 12.7. The Morgan fingerprint density at radius 2 is 1.50 bits per heavy atom. The second-order valence-electron chi connectivity index (χ2n) is 10.9. The number of rotatable bonds is 10. The molecular formula is C30H40N6O2. The van der Waals surface area contributed by atoms with Crippen molar-refractivity contribution in [3.63, 3.8) is 0 Å². The summed E-state index contributed by atoms with van der Waals surface area (Å²) in [6, 6.07) is 21.6. The van der Waals surface area contributed by atoms with Gasteiger partial charge in [-0.2, -0.15) is 0 Å². The van der Waals surface area contributed by atoms with Crippen molar-refractivity contribution in [2.24, 2.45) is 5.41 Å². The molecule has 1 atom stereocenters. The van der Waals surface area contributed by atoms with E-state index in [2.05, 4.69) is 34.7 Å². The number of hydrogen-bond acceptors (Lipinski definition) is 5. The van der Waals surface area contributed by atoms with E-state index >= 15 is 0 Å². The molecule has 0 radical (unpaired) electrons. The minimum absolute atomic E-state index is 0.0737. The zero-order valence-corrected chi connectivity index (χ0v) is 23.2. The first kappa shape index (κ1) is 28.5.